The summed E-state index contributed by atoms with van der Waals surface area (Å²) >= 11 is 0. The molecule has 0 N–H and O–H groups in total. The Labute approximate surface area is 179 Å². The summed E-state index contributed by atoms with van der Waals surface area (Å²) in [5.41, 5.74) is 0. The molecule has 2 heterocycles. The van der Waals surface area contributed by atoms with E-state index >= 15 is 0 Å². The Balaban J connectivity index is 0.000000310. The van der Waals surface area contributed by atoms with E-state index in [-0.39, 0.29) is 18.2 Å². The number of likely N-dealkylation sites (tertiary alicyclic amines) is 1. The molecular weight excluding hydrogens is 385 g/mol. The fourth-order valence-corrected chi connectivity index (χ4v) is 4.97. The Morgan fingerprint density at radius 3 is 2.53 bits per heavy atom. The summed E-state index contributed by atoms with van der Waals surface area (Å²) in [6.07, 6.45) is 9.65. The number of nitrogens with zero attached hydrogens (tertiary/aromatic N) is 3. The number of hydrogen-bond donors (Lipinski definition) is 0. The summed E-state index contributed by atoms with van der Waals surface area (Å²) in [4.78, 5) is 21.1. The van der Waals surface area contributed by atoms with E-state index < -0.39 is 5.82 Å². The highest BCUT2D eigenvalue weighted by Gasteiger charge is 2.50. The molecule has 6 atom stereocenters. The summed E-state index contributed by atoms with van der Waals surface area (Å²) in [6.45, 7) is 9.91. The third-order valence-electron chi connectivity index (χ3n) is 6.84. The second kappa shape index (κ2) is 10.5. The standard InChI is InChI=1S/C19H33NO3.C4H3FN2/c1-12(2)23-19(21)20-9-5-6-13(3)18(20)11-22-15-7-8-16-14(4)17(16)10-15;5-4-1-6-3-7-2-4/h12-18H,5-11H2,1-4H3;1-3H/t13-,14+,15?,16?,17?,18-;/m0./s1. The molecule has 30 heavy (non-hydrogen) atoms. The lowest BCUT2D eigenvalue weighted by molar-refractivity contribution is -0.0362. The number of halogens is 1. The zero-order valence-electron chi connectivity index (χ0n) is 18.7. The average Bonchev–Trinajstić information content (AvgIpc) is 3.36. The number of amides is 1. The van der Waals surface area contributed by atoms with Gasteiger partial charge >= 0.3 is 6.09 Å². The first-order valence-electron chi connectivity index (χ1n) is 11.4. The number of aromatic nitrogens is 2. The van der Waals surface area contributed by atoms with Gasteiger partial charge in [0.05, 0.1) is 37.3 Å². The number of carbonyl (C=O) groups excluding carboxylic acids is 1. The van der Waals surface area contributed by atoms with Crippen LogP contribution >= 0.6 is 0 Å². The quantitative estimate of drug-likeness (QED) is 0.705. The van der Waals surface area contributed by atoms with Crippen LogP contribution in [0.15, 0.2) is 18.7 Å². The molecule has 168 valence electrons. The molecule has 1 amide bonds. The normalized spacial score (nSPS) is 32.7. The Kier molecular flexibility index (Phi) is 8.03. The van der Waals surface area contributed by atoms with Crippen LogP contribution in [0.3, 0.4) is 0 Å². The van der Waals surface area contributed by atoms with Gasteiger partial charge in [-0.3, -0.25) is 0 Å². The van der Waals surface area contributed by atoms with E-state index in [0.29, 0.717) is 18.6 Å². The largest absolute Gasteiger partial charge is 0.447 e. The van der Waals surface area contributed by atoms with Crippen LogP contribution in [0.2, 0.25) is 0 Å². The van der Waals surface area contributed by atoms with Crippen molar-refractivity contribution < 1.29 is 18.7 Å². The average molecular weight is 422 g/mol. The molecule has 2 aliphatic carbocycles. The monoisotopic (exact) mass is 421 g/mol. The molecule has 1 aromatic rings. The predicted octanol–water partition coefficient (Wildman–Crippen LogP) is 4.70. The van der Waals surface area contributed by atoms with Crippen LogP contribution in [0.25, 0.3) is 0 Å². The smallest absolute Gasteiger partial charge is 0.410 e. The van der Waals surface area contributed by atoms with Gasteiger partial charge in [0.25, 0.3) is 0 Å². The Morgan fingerprint density at radius 2 is 1.93 bits per heavy atom. The van der Waals surface area contributed by atoms with Gasteiger partial charge in [-0.25, -0.2) is 19.2 Å². The molecule has 1 aromatic heterocycles. The van der Waals surface area contributed by atoms with Crippen molar-refractivity contribution in [3.05, 3.63) is 24.5 Å². The Hall–Kier alpha value is -1.76. The van der Waals surface area contributed by atoms with E-state index in [4.69, 9.17) is 9.47 Å². The van der Waals surface area contributed by atoms with Crippen LogP contribution in [-0.2, 0) is 9.47 Å². The highest BCUT2D eigenvalue weighted by Crippen LogP contribution is 2.55. The van der Waals surface area contributed by atoms with E-state index in [1.165, 1.54) is 32.0 Å². The van der Waals surface area contributed by atoms with Crippen LogP contribution in [0, 0.1) is 29.5 Å². The molecular formula is C23H36FN3O3. The van der Waals surface area contributed by atoms with E-state index in [9.17, 15) is 9.18 Å². The molecule has 0 aromatic carbocycles. The second-order valence-corrected chi connectivity index (χ2v) is 9.32. The second-order valence-electron chi connectivity index (χ2n) is 9.32. The molecule has 1 saturated heterocycles. The lowest BCUT2D eigenvalue weighted by atomic mass is 9.91. The van der Waals surface area contributed by atoms with Gasteiger partial charge in [-0.05, 0) is 69.6 Å². The number of rotatable bonds is 4. The first-order chi connectivity index (χ1) is 14.4. The molecule has 0 radical (unpaired) electrons. The van der Waals surface area contributed by atoms with Crippen molar-refractivity contribution in [2.75, 3.05) is 13.2 Å². The number of piperidine rings is 1. The molecule has 6 nitrogen and oxygen atoms in total. The van der Waals surface area contributed by atoms with Crippen molar-refractivity contribution in [2.45, 2.75) is 78.0 Å². The van der Waals surface area contributed by atoms with Crippen LogP contribution in [0.5, 0.6) is 0 Å². The summed E-state index contributed by atoms with van der Waals surface area (Å²) in [6, 6.07) is 0.171. The molecule has 4 rings (SSSR count). The van der Waals surface area contributed by atoms with Crippen LogP contribution in [0.1, 0.15) is 59.8 Å². The number of hydrogen-bond acceptors (Lipinski definition) is 5. The van der Waals surface area contributed by atoms with Crippen molar-refractivity contribution in [1.29, 1.82) is 0 Å². The zero-order chi connectivity index (χ0) is 21.7. The predicted molar refractivity (Wildman–Crippen MR) is 112 cm³/mol. The van der Waals surface area contributed by atoms with Gasteiger partial charge in [-0.15, -0.1) is 0 Å². The van der Waals surface area contributed by atoms with Crippen molar-refractivity contribution in [3.8, 4) is 0 Å². The maximum Gasteiger partial charge on any atom is 0.410 e. The van der Waals surface area contributed by atoms with Crippen molar-refractivity contribution >= 4 is 6.09 Å². The van der Waals surface area contributed by atoms with Gasteiger partial charge in [0.15, 0.2) is 5.82 Å². The summed E-state index contributed by atoms with van der Waals surface area (Å²) < 4.78 is 23.5. The van der Waals surface area contributed by atoms with Crippen LogP contribution < -0.4 is 0 Å². The van der Waals surface area contributed by atoms with Gasteiger partial charge in [-0.2, -0.15) is 0 Å². The topological polar surface area (TPSA) is 64.5 Å². The first kappa shape index (κ1) is 22.9. The fraction of sp³-hybridized carbons (Fsp3) is 0.783. The summed E-state index contributed by atoms with van der Waals surface area (Å²) in [5.74, 6) is 2.87. The number of fused-ring (bicyclic) bond motifs is 1. The minimum absolute atomic E-state index is 0.0621. The molecule has 0 spiro atoms. The van der Waals surface area contributed by atoms with Gasteiger partial charge in [0, 0.05) is 6.54 Å². The molecule has 0 bridgehead atoms. The molecule has 2 saturated carbocycles. The highest BCUT2D eigenvalue weighted by molar-refractivity contribution is 5.68. The third-order valence-corrected chi connectivity index (χ3v) is 6.84. The van der Waals surface area contributed by atoms with Crippen LogP contribution in [0.4, 0.5) is 9.18 Å². The molecule has 3 aliphatic rings. The van der Waals surface area contributed by atoms with Crippen molar-refractivity contribution in [2.24, 2.45) is 23.7 Å². The maximum absolute atomic E-state index is 12.4. The molecule has 3 fully saturated rings. The Morgan fingerprint density at radius 1 is 1.20 bits per heavy atom. The van der Waals surface area contributed by atoms with Crippen molar-refractivity contribution in [1.82, 2.24) is 14.9 Å². The zero-order valence-corrected chi connectivity index (χ0v) is 18.7. The van der Waals surface area contributed by atoms with Gasteiger partial charge < -0.3 is 14.4 Å². The Bertz CT molecular complexity index is 675. The first-order valence-corrected chi connectivity index (χ1v) is 11.4. The molecule has 3 unspecified atom stereocenters. The maximum atomic E-state index is 12.4. The third kappa shape index (κ3) is 6.13. The minimum Gasteiger partial charge on any atom is -0.447 e. The fourth-order valence-electron chi connectivity index (χ4n) is 4.97. The van der Waals surface area contributed by atoms with E-state index in [1.54, 1.807) is 0 Å². The van der Waals surface area contributed by atoms with Gasteiger partial charge in [0.2, 0.25) is 0 Å². The van der Waals surface area contributed by atoms with Gasteiger partial charge in [-0.1, -0.05) is 13.8 Å². The van der Waals surface area contributed by atoms with Crippen molar-refractivity contribution in [3.63, 3.8) is 0 Å². The summed E-state index contributed by atoms with van der Waals surface area (Å²) in [5, 5.41) is 0. The van der Waals surface area contributed by atoms with Gasteiger partial charge in [0.1, 0.15) is 6.33 Å². The molecule has 1 aliphatic heterocycles. The summed E-state index contributed by atoms with van der Waals surface area (Å²) in [7, 11) is 0. The molecule has 7 heteroatoms. The lowest BCUT2D eigenvalue weighted by Gasteiger charge is -2.40. The SMILES string of the molecule is CC(C)OC(=O)N1CCC[C@H](C)[C@@H]1COC1CCC2C(C1)[C@@H]2C.Fc1cncnc1. The lowest BCUT2D eigenvalue weighted by Crippen LogP contribution is -2.51. The van der Waals surface area contributed by atoms with E-state index in [0.717, 1.165) is 43.1 Å². The number of carbonyl (C=O) groups is 1. The van der Waals surface area contributed by atoms with E-state index in [1.807, 2.05) is 18.7 Å². The minimum atomic E-state index is -0.400. The highest BCUT2D eigenvalue weighted by atomic mass is 19.1. The van der Waals surface area contributed by atoms with Crippen LogP contribution in [-0.4, -0.2) is 52.4 Å². The van der Waals surface area contributed by atoms with E-state index in [2.05, 4.69) is 23.8 Å². The number of ether oxygens (including phenoxy) is 2.